The molecule has 0 spiro atoms. The van der Waals surface area contributed by atoms with Crippen LogP contribution in [0.3, 0.4) is 0 Å². The normalized spacial score (nSPS) is 15.3. The molecule has 0 radical (unpaired) electrons. The lowest BCUT2D eigenvalue weighted by atomic mass is 10.1. The molecule has 4 nitrogen and oxygen atoms in total. The quantitative estimate of drug-likeness (QED) is 0.892. The largest absolute Gasteiger partial charge is 0.496 e. The molecule has 18 heavy (non-hydrogen) atoms. The highest BCUT2D eigenvalue weighted by Crippen LogP contribution is 2.17. The summed E-state index contributed by atoms with van der Waals surface area (Å²) in [5.74, 6) is 0.816. The molecule has 0 aliphatic carbocycles. The van der Waals surface area contributed by atoms with Crippen molar-refractivity contribution in [1.82, 2.24) is 10.2 Å². The molecule has 2 rings (SSSR count). The Kier molecular flexibility index (Phi) is 4.45. The average molecular weight is 248 g/mol. The second kappa shape index (κ2) is 6.28. The van der Waals surface area contributed by atoms with E-state index in [2.05, 4.69) is 5.32 Å². The van der Waals surface area contributed by atoms with E-state index in [0.29, 0.717) is 6.54 Å². The van der Waals surface area contributed by atoms with Gasteiger partial charge in [0.15, 0.2) is 0 Å². The fourth-order valence-corrected chi connectivity index (χ4v) is 2.23. The topological polar surface area (TPSA) is 41.6 Å². The fourth-order valence-electron chi connectivity index (χ4n) is 2.23. The minimum absolute atomic E-state index is 0.0283. The van der Waals surface area contributed by atoms with Gasteiger partial charge in [0.1, 0.15) is 5.75 Å². The van der Waals surface area contributed by atoms with E-state index in [4.69, 9.17) is 4.74 Å². The molecule has 1 N–H and O–H groups in total. The fraction of sp³-hybridized carbons (Fsp3) is 0.500. The monoisotopic (exact) mass is 248 g/mol. The lowest BCUT2D eigenvalue weighted by Crippen LogP contribution is -2.42. The van der Waals surface area contributed by atoms with Crippen molar-refractivity contribution in [1.29, 1.82) is 0 Å². The van der Waals surface area contributed by atoms with E-state index >= 15 is 0 Å². The van der Waals surface area contributed by atoms with Gasteiger partial charge in [-0.15, -0.1) is 0 Å². The minimum atomic E-state index is 0.0283. The van der Waals surface area contributed by atoms with Crippen molar-refractivity contribution in [3.8, 4) is 5.75 Å². The predicted molar refractivity (Wildman–Crippen MR) is 70.7 cm³/mol. The number of ether oxygens (including phenoxy) is 1. The molecule has 1 aliphatic heterocycles. The Hall–Kier alpha value is -1.71. The van der Waals surface area contributed by atoms with Gasteiger partial charge in [-0.05, 0) is 25.3 Å². The van der Waals surface area contributed by atoms with Crippen LogP contribution in [-0.2, 0) is 6.54 Å². The highest BCUT2D eigenvalue weighted by atomic mass is 16.5. The van der Waals surface area contributed by atoms with E-state index in [9.17, 15) is 4.79 Å². The van der Waals surface area contributed by atoms with Gasteiger partial charge in [-0.3, -0.25) is 0 Å². The van der Waals surface area contributed by atoms with Crippen molar-refractivity contribution >= 4 is 6.03 Å². The average Bonchev–Trinajstić information content (AvgIpc) is 2.46. The smallest absolute Gasteiger partial charge is 0.317 e. The molecular weight excluding hydrogens is 228 g/mol. The Bertz CT molecular complexity index is 401. The number of nitrogens with one attached hydrogen (secondary N) is 1. The number of urea groups is 1. The Labute approximate surface area is 108 Å². The number of likely N-dealkylation sites (tertiary alicyclic amines) is 1. The Balaban J connectivity index is 1.88. The number of rotatable bonds is 3. The SMILES string of the molecule is COc1ccccc1CNC(=O)N1CCCCC1. The first-order valence-corrected chi connectivity index (χ1v) is 6.46. The van der Waals surface area contributed by atoms with Crippen molar-refractivity contribution in [3.63, 3.8) is 0 Å². The van der Waals surface area contributed by atoms with Crippen LogP contribution in [0.25, 0.3) is 0 Å². The minimum Gasteiger partial charge on any atom is -0.496 e. The predicted octanol–water partition coefficient (Wildman–Crippen LogP) is 2.39. The summed E-state index contributed by atoms with van der Waals surface area (Å²) in [6, 6.07) is 7.78. The van der Waals surface area contributed by atoms with Crippen molar-refractivity contribution in [2.75, 3.05) is 20.2 Å². The number of carbonyl (C=O) groups excluding carboxylic acids is 1. The molecule has 98 valence electrons. The van der Waals surface area contributed by atoms with E-state index in [1.54, 1.807) is 7.11 Å². The van der Waals surface area contributed by atoms with Crippen molar-refractivity contribution in [2.24, 2.45) is 0 Å². The van der Waals surface area contributed by atoms with Crippen LogP contribution in [0.2, 0.25) is 0 Å². The first kappa shape index (κ1) is 12.7. The molecule has 0 aromatic heterocycles. The van der Waals surface area contributed by atoms with Gasteiger partial charge in [0, 0.05) is 25.2 Å². The van der Waals surface area contributed by atoms with Crippen LogP contribution in [-0.4, -0.2) is 31.1 Å². The van der Waals surface area contributed by atoms with Gasteiger partial charge in [0.25, 0.3) is 0 Å². The molecule has 1 fully saturated rings. The molecular formula is C14H20N2O2. The number of amides is 2. The third-order valence-electron chi connectivity index (χ3n) is 3.27. The van der Waals surface area contributed by atoms with Crippen LogP contribution >= 0.6 is 0 Å². The highest BCUT2D eigenvalue weighted by molar-refractivity contribution is 5.74. The van der Waals surface area contributed by atoms with Gasteiger partial charge in [0.2, 0.25) is 0 Å². The van der Waals surface area contributed by atoms with Gasteiger partial charge in [-0.2, -0.15) is 0 Å². The second-order valence-corrected chi connectivity index (χ2v) is 4.52. The van der Waals surface area contributed by atoms with Crippen LogP contribution in [0.1, 0.15) is 24.8 Å². The van der Waals surface area contributed by atoms with Crippen LogP contribution in [0.4, 0.5) is 4.79 Å². The highest BCUT2D eigenvalue weighted by Gasteiger charge is 2.16. The summed E-state index contributed by atoms with van der Waals surface area (Å²) in [4.78, 5) is 13.8. The number of piperidine rings is 1. The summed E-state index contributed by atoms with van der Waals surface area (Å²) in [6.07, 6.45) is 3.46. The maximum Gasteiger partial charge on any atom is 0.317 e. The van der Waals surface area contributed by atoms with E-state index < -0.39 is 0 Å². The summed E-state index contributed by atoms with van der Waals surface area (Å²) < 4.78 is 5.26. The first-order valence-electron chi connectivity index (χ1n) is 6.46. The molecule has 0 bridgehead atoms. The summed E-state index contributed by atoms with van der Waals surface area (Å²) in [5.41, 5.74) is 1.00. The van der Waals surface area contributed by atoms with Gasteiger partial charge in [-0.25, -0.2) is 4.79 Å². The number of benzene rings is 1. The molecule has 2 amide bonds. The Morgan fingerprint density at radius 3 is 2.72 bits per heavy atom. The number of para-hydroxylation sites is 1. The number of hydrogen-bond donors (Lipinski definition) is 1. The zero-order valence-corrected chi connectivity index (χ0v) is 10.8. The summed E-state index contributed by atoms with van der Waals surface area (Å²) >= 11 is 0. The van der Waals surface area contributed by atoms with Gasteiger partial charge in [-0.1, -0.05) is 18.2 Å². The molecule has 1 aliphatic rings. The van der Waals surface area contributed by atoms with Gasteiger partial charge < -0.3 is 15.0 Å². The van der Waals surface area contributed by atoms with Crippen LogP contribution < -0.4 is 10.1 Å². The number of hydrogen-bond acceptors (Lipinski definition) is 2. The number of carbonyl (C=O) groups is 1. The maximum atomic E-state index is 11.9. The number of methoxy groups -OCH3 is 1. The zero-order chi connectivity index (χ0) is 12.8. The van der Waals surface area contributed by atoms with E-state index in [1.807, 2.05) is 29.2 Å². The van der Waals surface area contributed by atoms with Gasteiger partial charge >= 0.3 is 6.03 Å². The maximum absolute atomic E-state index is 11.9. The lowest BCUT2D eigenvalue weighted by molar-refractivity contribution is 0.186. The third kappa shape index (κ3) is 3.15. The van der Waals surface area contributed by atoms with Crippen molar-refractivity contribution in [3.05, 3.63) is 29.8 Å². The molecule has 1 aromatic rings. The first-order chi connectivity index (χ1) is 8.81. The third-order valence-corrected chi connectivity index (χ3v) is 3.27. The number of nitrogens with zero attached hydrogens (tertiary/aromatic N) is 1. The van der Waals surface area contributed by atoms with Crippen molar-refractivity contribution < 1.29 is 9.53 Å². The van der Waals surface area contributed by atoms with Crippen LogP contribution in [0.5, 0.6) is 5.75 Å². The summed E-state index contributed by atoms with van der Waals surface area (Å²) in [5, 5.41) is 2.95. The molecule has 1 aromatic carbocycles. The van der Waals surface area contributed by atoms with E-state index in [0.717, 1.165) is 37.2 Å². The standard InChI is InChI=1S/C14H20N2O2/c1-18-13-8-4-3-7-12(13)11-15-14(17)16-9-5-2-6-10-16/h3-4,7-8H,2,5-6,9-11H2,1H3,(H,15,17). The summed E-state index contributed by atoms with van der Waals surface area (Å²) in [7, 11) is 1.64. The Morgan fingerprint density at radius 1 is 1.28 bits per heavy atom. The van der Waals surface area contributed by atoms with Gasteiger partial charge in [0.05, 0.1) is 7.11 Å². The second-order valence-electron chi connectivity index (χ2n) is 4.52. The van der Waals surface area contributed by atoms with Crippen LogP contribution in [0, 0.1) is 0 Å². The molecule has 0 atom stereocenters. The van der Waals surface area contributed by atoms with Crippen LogP contribution in [0.15, 0.2) is 24.3 Å². The molecule has 0 unspecified atom stereocenters. The van der Waals surface area contributed by atoms with E-state index in [1.165, 1.54) is 6.42 Å². The molecule has 1 heterocycles. The summed E-state index contributed by atoms with van der Waals surface area (Å²) in [6.45, 7) is 2.26. The molecule has 0 saturated carbocycles. The zero-order valence-electron chi connectivity index (χ0n) is 10.8. The van der Waals surface area contributed by atoms with Crippen molar-refractivity contribution in [2.45, 2.75) is 25.8 Å². The lowest BCUT2D eigenvalue weighted by Gasteiger charge is -2.26. The Morgan fingerprint density at radius 2 is 2.00 bits per heavy atom. The van der Waals surface area contributed by atoms with E-state index in [-0.39, 0.29) is 6.03 Å². The molecule has 1 saturated heterocycles. The molecule has 4 heteroatoms.